The predicted molar refractivity (Wildman–Crippen MR) is 69.8 cm³/mol. The fraction of sp³-hybridized carbons (Fsp3) is 0.357. The molecule has 0 spiro atoms. The molecule has 1 atom stereocenters. The van der Waals surface area contributed by atoms with Gasteiger partial charge in [0.1, 0.15) is 0 Å². The molecule has 1 heterocycles. The highest BCUT2D eigenvalue weighted by Gasteiger charge is 2.24. The maximum Gasteiger partial charge on any atom is 0.194 e. The van der Waals surface area contributed by atoms with Gasteiger partial charge in [0.2, 0.25) is 0 Å². The summed E-state index contributed by atoms with van der Waals surface area (Å²) >= 11 is 0. The van der Waals surface area contributed by atoms with E-state index in [-0.39, 0.29) is 5.56 Å². The van der Waals surface area contributed by atoms with Crippen LogP contribution < -0.4 is 5.32 Å². The lowest BCUT2D eigenvalue weighted by Gasteiger charge is -2.17. The van der Waals surface area contributed by atoms with Gasteiger partial charge in [0, 0.05) is 24.4 Å². The summed E-state index contributed by atoms with van der Waals surface area (Å²) in [5.74, 6) is -3.82. The lowest BCUT2D eigenvalue weighted by molar-refractivity contribution is 0.435. The smallest absolute Gasteiger partial charge is 0.194 e. The Morgan fingerprint density at radius 3 is 2.50 bits per heavy atom. The van der Waals surface area contributed by atoms with Gasteiger partial charge in [-0.05, 0) is 19.5 Å². The van der Waals surface area contributed by atoms with E-state index < -0.39 is 23.5 Å². The molecule has 0 bridgehead atoms. The van der Waals surface area contributed by atoms with Crippen molar-refractivity contribution in [3.63, 3.8) is 0 Å². The van der Waals surface area contributed by atoms with E-state index in [1.165, 1.54) is 6.07 Å². The number of halogens is 3. The van der Waals surface area contributed by atoms with Gasteiger partial charge in [-0.2, -0.15) is 5.10 Å². The monoisotopic (exact) mass is 283 g/mol. The van der Waals surface area contributed by atoms with Crippen LogP contribution in [0.25, 0.3) is 0 Å². The second kappa shape index (κ2) is 5.66. The lowest BCUT2D eigenvalue weighted by atomic mass is 9.97. The molecule has 0 aliphatic rings. The van der Waals surface area contributed by atoms with Crippen LogP contribution in [-0.4, -0.2) is 16.8 Å². The zero-order valence-electron chi connectivity index (χ0n) is 11.5. The fourth-order valence-corrected chi connectivity index (χ4v) is 2.31. The Kier molecular flexibility index (Phi) is 4.13. The molecule has 1 unspecified atom stereocenters. The number of rotatable bonds is 4. The van der Waals surface area contributed by atoms with Gasteiger partial charge in [-0.1, -0.05) is 13.0 Å². The molecule has 2 aromatic rings. The molecular formula is C14H16F3N3. The third kappa shape index (κ3) is 2.43. The van der Waals surface area contributed by atoms with Crippen molar-refractivity contribution in [1.82, 2.24) is 15.1 Å². The molecule has 1 N–H and O–H groups in total. The maximum atomic E-state index is 13.9. The van der Waals surface area contributed by atoms with Crippen LogP contribution in [0.15, 0.2) is 18.3 Å². The predicted octanol–water partition coefficient (Wildman–Crippen LogP) is 2.71. The van der Waals surface area contributed by atoms with Crippen LogP contribution in [0, 0.1) is 17.5 Å². The quantitative estimate of drug-likeness (QED) is 0.874. The lowest BCUT2D eigenvalue weighted by Crippen LogP contribution is -2.20. The van der Waals surface area contributed by atoms with Gasteiger partial charge in [-0.3, -0.25) is 4.68 Å². The number of hydrogen-bond acceptors (Lipinski definition) is 2. The van der Waals surface area contributed by atoms with Crippen molar-refractivity contribution in [3.05, 3.63) is 52.6 Å². The Morgan fingerprint density at radius 1 is 1.20 bits per heavy atom. The summed E-state index contributed by atoms with van der Waals surface area (Å²) in [5, 5.41) is 7.21. The molecule has 108 valence electrons. The molecular weight excluding hydrogens is 267 g/mol. The van der Waals surface area contributed by atoms with Gasteiger partial charge in [0.05, 0.1) is 11.7 Å². The molecule has 0 aliphatic carbocycles. The molecule has 3 nitrogen and oxygen atoms in total. The highest BCUT2D eigenvalue weighted by Crippen LogP contribution is 2.28. The molecule has 2 rings (SSSR count). The van der Waals surface area contributed by atoms with E-state index in [0.717, 1.165) is 17.3 Å². The summed E-state index contributed by atoms with van der Waals surface area (Å²) in [6.45, 7) is 1.93. The summed E-state index contributed by atoms with van der Waals surface area (Å²) in [4.78, 5) is 0. The molecule has 1 aromatic carbocycles. The van der Waals surface area contributed by atoms with Crippen molar-refractivity contribution >= 4 is 0 Å². The Morgan fingerprint density at radius 2 is 1.90 bits per heavy atom. The van der Waals surface area contributed by atoms with Crippen LogP contribution in [0.2, 0.25) is 0 Å². The normalized spacial score (nSPS) is 12.7. The van der Waals surface area contributed by atoms with Crippen LogP contribution in [0.5, 0.6) is 0 Å². The summed E-state index contributed by atoms with van der Waals surface area (Å²) in [6.07, 6.45) is 2.42. The third-order valence-corrected chi connectivity index (χ3v) is 3.25. The van der Waals surface area contributed by atoms with E-state index in [1.807, 2.05) is 6.92 Å². The van der Waals surface area contributed by atoms with E-state index in [0.29, 0.717) is 6.42 Å². The molecule has 0 radical (unpaired) electrons. The summed E-state index contributed by atoms with van der Waals surface area (Å²) in [5.41, 5.74) is 1.60. The van der Waals surface area contributed by atoms with E-state index in [4.69, 9.17) is 0 Å². The SMILES string of the molecule is CCc1nn(C)cc1C(NC)c1ccc(F)c(F)c1F. The number of nitrogens with one attached hydrogen (secondary N) is 1. The molecule has 0 aliphatic heterocycles. The van der Waals surface area contributed by atoms with Crippen molar-refractivity contribution in [2.45, 2.75) is 19.4 Å². The highest BCUT2D eigenvalue weighted by atomic mass is 19.2. The molecule has 0 saturated heterocycles. The standard InChI is InChI=1S/C14H16F3N3/c1-4-11-9(7-20(3)19-11)14(18-2)8-5-6-10(15)13(17)12(8)16/h5-7,14,18H,4H2,1-3H3. The van der Waals surface area contributed by atoms with Crippen LogP contribution in [0.4, 0.5) is 13.2 Å². The zero-order chi connectivity index (χ0) is 14.9. The topological polar surface area (TPSA) is 29.9 Å². The van der Waals surface area contributed by atoms with Crippen LogP contribution in [0.1, 0.15) is 29.8 Å². The van der Waals surface area contributed by atoms with Crippen molar-refractivity contribution in [2.24, 2.45) is 7.05 Å². The number of aromatic nitrogens is 2. The first-order chi connectivity index (χ1) is 9.49. The molecule has 0 fully saturated rings. The first-order valence-electron chi connectivity index (χ1n) is 6.32. The Hall–Kier alpha value is -1.82. The third-order valence-electron chi connectivity index (χ3n) is 3.25. The minimum atomic E-state index is -1.45. The van der Waals surface area contributed by atoms with Crippen LogP contribution >= 0.6 is 0 Å². The van der Waals surface area contributed by atoms with E-state index in [9.17, 15) is 13.2 Å². The van der Waals surface area contributed by atoms with Crippen molar-refractivity contribution < 1.29 is 13.2 Å². The van der Waals surface area contributed by atoms with Gasteiger partial charge in [-0.25, -0.2) is 13.2 Å². The second-order valence-corrected chi connectivity index (χ2v) is 4.54. The average molecular weight is 283 g/mol. The molecule has 6 heteroatoms. The van der Waals surface area contributed by atoms with E-state index in [2.05, 4.69) is 10.4 Å². The van der Waals surface area contributed by atoms with Crippen LogP contribution in [-0.2, 0) is 13.5 Å². The van der Waals surface area contributed by atoms with Gasteiger partial charge < -0.3 is 5.32 Å². The van der Waals surface area contributed by atoms with Gasteiger partial charge in [0.25, 0.3) is 0 Å². The molecule has 20 heavy (non-hydrogen) atoms. The highest BCUT2D eigenvalue weighted by molar-refractivity contribution is 5.34. The van der Waals surface area contributed by atoms with Crippen LogP contribution in [0.3, 0.4) is 0 Å². The Balaban J connectivity index is 2.55. The summed E-state index contributed by atoms with van der Waals surface area (Å²) < 4.78 is 42.0. The van der Waals surface area contributed by atoms with Crippen molar-refractivity contribution in [2.75, 3.05) is 7.05 Å². The molecule has 0 saturated carbocycles. The molecule has 1 aromatic heterocycles. The number of hydrogen-bond donors (Lipinski definition) is 1. The maximum absolute atomic E-state index is 13.9. The van der Waals surface area contributed by atoms with Gasteiger partial charge >= 0.3 is 0 Å². The molecule has 0 amide bonds. The number of nitrogens with zero attached hydrogens (tertiary/aromatic N) is 2. The zero-order valence-corrected chi connectivity index (χ0v) is 11.5. The summed E-state index contributed by atoms with van der Waals surface area (Å²) in [6, 6.07) is 1.61. The minimum absolute atomic E-state index is 0.0640. The van der Waals surface area contributed by atoms with Gasteiger partial charge in [0.15, 0.2) is 17.5 Å². The Bertz CT molecular complexity index is 622. The fourth-order valence-electron chi connectivity index (χ4n) is 2.31. The average Bonchev–Trinajstić information content (AvgIpc) is 2.80. The van der Waals surface area contributed by atoms with E-state index >= 15 is 0 Å². The Labute approximate surface area is 115 Å². The second-order valence-electron chi connectivity index (χ2n) is 4.54. The minimum Gasteiger partial charge on any atom is -0.309 e. The number of benzene rings is 1. The number of aryl methyl sites for hydroxylation is 2. The van der Waals surface area contributed by atoms with Gasteiger partial charge in [-0.15, -0.1) is 0 Å². The largest absolute Gasteiger partial charge is 0.309 e. The first kappa shape index (κ1) is 14.6. The summed E-state index contributed by atoms with van der Waals surface area (Å²) in [7, 11) is 3.40. The van der Waals surface area contributed by atoms with E-state index in [1.54, 1.807) is 25.0 Å². The van der Waals surface area contributed by atoms with Crippen molar-refractivity contribution in [1.29, 1.82) is 0 Å². The first-order valence-corrected chi connectivity index (χ1v) is 6.32. The van der Waals surface area contributed by atoms with Crippen molar-refractivity contribution in [3.8, 4) is 0 Å².